The largest absolute Gasteiger partial charge is 0.356 e. The molecule has 2 rings (SSSR count). The highest BCUT2D eigenvalue weighted by molar-refractivity contribution is 9.10. The molecule has 15 heavy (non-hydrogen) atoms. The van der Waals surface area contributed by atoms with Crippen LogP contribution in [0.25, 0.3) is 0 Å². The third kappa shape index (κ3) is 2.60. The Bertz CT molecular complexity index is 435. The summed E-state index contributed by atoms with van der Waals surface area (Å²) in [5.41, 5.74) is 0. The molecule has 0 aliphatic carbocycles. The van der Waals surface area contributed by atoms with E-state index in [-0.39, 0.29) is 0 Å². The second-order valence-corrected chi connectivity index (χ2v) is 5.05. The summed E-state index contributed by atoms with van der Waals surface area (Å²) in [5.74, 6) is 0.932. The lowest BCUT2D eigenvalue weighted by Gasteiger charge is -2.06. The van der Waals surface area contributed by atoms with Crippen molar-refractivity contribution in [3.8, 4) is 0 Å². The number of aromatic nitrogens is 2. The lowest BCUT2D eigenvalue weighted by Crippen LogP contribution is -2.06. The third-order valence-corrected chi connectivity index (χ3v) is 3.68. The maximum atomic E-state index is 4.25. The van der Waals surface area contributed by atoms with Crippen LogP contribution in [0, 0.1) is 0 Å². The zero-order valence-electron chi connectivity index (χ0n) is 8.40. The van der Waals surface area contributed by atoms with E-state index < -0.39 is 0 Å². The molecule has 0 fully saturated rings. The number of nitrogens with zero attached hydrogens (tertiary/aromatic N) is 2. The van der Waals surface area contributed by atoms with Gasteiger partial charge in [-0.2, -0.15) is 0 Å². The van der Waals surface area contributed by atoms with E-state index in [2.05, 4.69) is 49.2 Å². The van der Waals surface area contributed by atoms with Crippen molar-refractivity contribution in [3.05, 3.63) is 33.2 Å². The number of hydrogen-bond acceptors (Lipinski definition) is 3. The van der Waals surface area contributed by atoms with Gasteiger partial charge in [-0.05, 0) is 28.9 Å². The molecule has 1 N–H and O–H groups in total. The number of halogens is 1. The van der Waals surface area contributed by atoms with Crippen molar-refractivity contribution < 1.29 is 0 Å². The van der Waals surface area contributed by atoms with E-state index in [1.54, 1.807) is 11.3 Å². The molecule has 3 nitrogen and oxygen atoms in total. The fourth-order valence-electron chi connectivity index (χ4n) is 1.37. The molecule has 0 amide bonds. The quantitative estimate of drug-likeness (QED) is 0.935. The van der Waals surface area contributed by atoms with Crippen molar-refractivity contribution in [1.82, 2.24) is 9.55 Å². The van der Waals surface area contributed by atoms with Crippen LogP contribution in [-0.2, 0) is 6.54 Å². The second-order valence-electron chi connectivity index (χ2n) is 3.14. The van der Waals surface area contributed by atoms with Gasteiger partial charge in [0.1, 0.15) is 0 Å². The highest BCUT2D eigenvalue weighted by atomic mass is 79.9. The smallest absolute Gasteiger partial charge is 0.203 e. The summed E-state index contributed by atoms with van der Waals surface area (Å²) in [6, 6.07) is 2.14. The molecule has 0 unspecified atom stereocenters. The van der Waals surface area contributed by atoms with Crippen molar-refractivity contribution in [2.75, 3.05) is 11.9 Å². The van der Waals surface area contributed by atoms with Crippen LogP contribution in [0.3, 0.4) is 0 Å². The normalized spacial score (nSPS) is 10.5. The predicted octanol–water partition coefficient (Wildman–Crippen LogP) is 3.19. The molecule has 0 saturated heterocycles. The average Bonchev–Trinajstić information content (AvgIpc) is 2.78. The average molecular weight is 286 g/mol. The van der Waals surface area contributed by atoms with E-state index >= 15 is 0 Å². The standard InChI is InChI=1S/C10H12BrN3S/c1-2-12-10-13-3-4-14(10)6-9-5-8(11)7-15-9/h3-5,7H,2,6H2,1H3,(H,12,13). The molecule has 2 aromatic rings. The van der Waals surface area contributed by atoms with Gasteiger partial charge in [-0.15, -0.1) is 11.3 Å². The maximum absolute atomic E-state index is 4.25. The van der Waals surface area contributed by atoms with Crippen LogP contribution in [-0.4, -0.2) is 16.1 Å². The topological polar surface area (TPSA) is 29.9 Å². The van der Waals surface area contributed by atoms with Gasteiger partial charge in [-0.1, -0.05) is 0 Å². The van der Waals surface area contributed by atoms with Crippen LogP contribution >= 0.6 is 27.3 Å². The highest BCUT2D eigenvalue weighted by Crippen LogP contribution is 2.21. The number of rotatable bonds is 4. The maximum Gasteiger partial charge on any atom is 0.203 e. The summed E-state index contributed by atoms with van der Waals surface area (Å²) < 4.78 is 3.26. The van der Waals surface area contributed by atoms with Gasteiger partial charge in [-0.25, -0.2) is 4.98 Å². The summed E-state index contributed by atoms with van der Waals surface area (Å²) in [4.78, 5) is 5.57. The molecule has 5 heteroatoms. The first-order chi connectivity index (χ1) is 7.29. The van der Waals surface area contributed by atoms with Crippen molar-refractivity contribution in [2.24, 2.45) is 0 Å². The van der Waals surface area contributed by atoms with Gasteiger partial charge >= 0.3 is 0 Å². The van der Waals surface area contributed by atoms with Crippen LogP contribution in [0.2, 0.25) is 0 Å². The molecule has 0 radical (unpaired) electrons. The number of hydrogen-bond donors (Lipinski definition) is 1. The highest BCUT2D eigenvalue weighted by Gasteiger charge is 2.03. The van der Waals surface area contributed by atoms with Crippen LogP contribution in [0.5, 0.6) is 0 Å². The summed E-state index contributed by atoms with van der Waals surface area (Å²) in [6.07, 6.45) is 3.81. The van der Waals surface area contributed by atoms with Gasteiger partial charge < -0.3 is 9.88 Å². The number of anilines is 1. The summed E-state index contributed by atoms with van der Waals surface area (Å²) in [6.45, 7) is 3.84. The Morgan fingerprint density at radius 3 is 3.13 bits per heavy atom. The van der Waals surface area contributed by atoms with Crippen LogP contribution in [0.15, 0.2) is 28.3 Å². The lowest BCUT2D eigenvalue weighted by atomic mass is 10.4. The minimum Gasteiger partial charge on any atom is -0.356 e. The number of imidazole rings is 1. The van der Waals surface area contributed by atoms with E-state index in [4.69, 9.17) is 0 Å². The molecule has 80 valence electrons. The second kappa shape index (κ2) is 4.81. The first kappa shape index (κ1) is 10.7. The Labute approximate surface area is 101 Å². The van der Waals surface area contributed by atoms with Crippen molar-refractivity contribution >= 4 is 33.2 Å². The molecule has 0 aromatic carbocycles. The fourth-order valence-corrected chi connectivity index (χ4v) is 2.82. The Hall–Kier alpha value is -0.810. The van der Waals surface area contributed by atoms with E-state index in [9.17, 15) is 0 Å². The Morgan fingerprint density at radius 1 is 1.60 bits per heavy atom. The molecule has 0 atom stereocenters. The van der Waals surface area contributed by atoms with Gasteiger partial charge in [-0.3, -0.25) is 0 Å². The molecule has 0 aliphatic heterocycles. The van der Waals surface area contributed by atoms with Gasteiger partial charge in [0.15, 0.2) is 0 Å². The third-order valence-electron chi connectivity index (χ3n) is 2.00. The molecule has 2 aromatic heterocycles. The number of thiophene rings is 1. The number of nitrogens with one attached hydrogen (secondary N) is 1. The Kier molecular flexibility index (Phi) is 3.43. The van der Waals surface area contributed by atoms with Gasteiger partial charge in [0, 0.05) is 33.7 Å². The van der Waals surface area contributed by atoms with Crippen LogP contribution in [0.4, 0.5) is 5.95 Å². The first-order valence-corrected chi connectivity index (χ1v) is 6.44. The monoisotopic (exact) mass is 285 g/mol. The Morgan fingerprint density at radius 2 is 2.47 bits per heavy atom. The molecule has 0 aliphatic rings. The van der Waals surface area contributed by atoms with Crippen molar-refractivity contribution in [3.63, 3.8) is 0 Å². The van der Waals surface area contributed by atoms with Crippen LogP contribution < -0.4 is 5.32 Å². The first-order valence-electron chi connectivity index (χ1n) is 4.77. The predicted molar refractivity (Wildman–Crippen MR) is 67.5 cm³/mol. The summed E-state index contributed by atoms with van der Waals surface area (Å²) >= 11 is 5.21. The Balaban J connectivity index is 2.13. The van der Waals surface area contributed by atoms with E-state index in [1.165, 1.54) is 4.88 Å². The molecular formula is C10H12BrN3S. The van der Waals surface area contributed by atoms with E-state index in [1.807, 2.05) is 12.4 Å². The molecule has 0 spiro atoms. The lowest BCUT2D eigenvalue weighted by molar-refractivity contribution is 0.811. The summed E-state index contributed by atoms with van der Waals surface area (Å²) in [5, 5.41) is 5.32. The van der Waals surface area contributed by atoms with Gasteiger partial charge in [0.25, 0.3) is 0 Å². The van der Waals surface area contributed by atoms with Gasteiger partial charge in [0.05, 0.1) is 6.54 Å². The molecule has 2 heterocycles. The minimum atomic E-state index is 0.874. The van der Waals surface area contributed by atoms with Gasteiger partial charge in [0.2, 0.25) is 5.95 Å². The van der Waals surface area contributed by atoms with Crippen molar-refractivity contribution in [1.29, 1.82) is 0 Å². The molecule has 0 bridgehead atoms. The molecule has 0 saturated carbocycles. The zero-order chi connectivity index (χ0) is 10.7. The SMILES string of the molecule is CCNc1nccn1Cc1cc(Br)cs1. The summed E-state index contributed by atoms with van der Waals surface area (Å²) in [7, 11) is 0. The van der Waals surface area contributed by atoms with E-state index in [0.29, 0.717) is 0 Å². The zero-order valence-corrected chi connectivity index (χ0v) is 10.8. The molecular weight excluding hydrogens is 274 g/mol. The fraction of sp³-hybridized carbons (Fsp3) is 0.300. The van der Waals surface area contributed by atoms with E-state index in [0.717, 1.165) is 23.5 Å². The van der Waals surface area contributed by atoms with Crippen molar-refractivity contribution in [2.45, 2.75) is 13.5 Å². The van der Waals surface area contributed by atoms with Crippen LogP contribution in [0.1, 0.15) is 11.8 Å². The minimum absolute atomic E-state index is 0.874.